The standard InChI is InChI=1S/C23H25NO2/c1-18-8-10-19(11-9-18)15-24-16-21-12-13-22(23(14-21)25-2)26-17-20-6-4-3-5-7-20/h3-14,24H,15-17H2,1-2H3/p+1. The summed E-state index contributed by atoms with van der Waals surface area (Å²) in [5, 5.41) is 2.30. The van der Waals surface area contributed by atoms with E-state index in [2.05, 4.69) is 60.8 Å². The fourth-order valence-corrected chi connectivity index (χ4v) is 2.82. The van der Waals surface area contributed by atoms with Gasteiger partial charge in [-0.2, -0.15) is 0 Å². The Hall–Kier alpha value is -2.78. The summed E-state index contributed by atoms with van der Waals surface area (Å²) in [6.45, 7) is 4.52. The largest absolute Gasteiger partial charge is 0.493 e. The van der Waals surface area contributed by atoms with Crippen molar-refractivity contribution < 1.29 is 14.8 Å². The maximum absolute atomic E-state index is 5.92. The molecule has 3 rings (SSSR count). The topological polar surface area (TPSA) is 35.1 Å². The fraction of sp³-hybridized carbons (Fsp3) is 0.217. The van der Waals surface area contributed by atoms with E-state index in [0.29, 0.717) is 6.61 Å². The summed E-state index contributed by atoms with van der Waals surface area (Å²) >= 11 is 0. The van der Waals surface area contributed by atoms with Gasteiger partial charge in [-0.1, -0.05) is 60.2 Å². The maximum atomic E-state index is 5.92. The van der Waals surface area contributed by atoms with Gasteiger partial charge in [0.25, 0.3) is 0 Å². The second-order valence-corrected chi connectivity index (χ2v) is 6.44. The van der Waals surface area contributed by atoms with Crippen LogP contribution in [-0.2, 0) is 19.7 Å². The third kappa shape index (κ3) is 5.11. The Morgan fingerprint density at radius 1 is 0.731 bits per heavy atom. The number of benzene rings is 3. The van der Waals surface area contributed by atoms with Gasteiger partial charge in [0, 0.05) is 11.1 Å². The summed E-state index contributed by atoms with van der Waals surface area (Å²) in [5.41, 5.74) is 5.00. The molecule has 0 fully saturated rings. The van der Waals surface area contributed by atoms with E-state index in [1.165, 1.54) is 16.7 Å². The molecule has 3 heteroatoms. The van der Waals surface area contributed by atoms with Crippen LogP contribution in [0.5, 0.6) is 11.5 Å². The molecule has 0 amide bonds. The van der Waals surface area contributed by atoms with Crippen LogP contribution >= 0.6 is 0 Å². The normalized spacial score (nSPS) is 10.5. The predicted molar refractivity (Wildman–Crippen MR) is 104 cm³/mol. The zero-order valence-corrected chi connectivity index (χ0v) is 15.4. The summed E-state index contributed by atoms with van der Waals surface area (Å²) < 4.78 is 11.4. The van der Waals surface area contributed by atoms with Crippen LogP contribution in [0.2, 0.25) is 0 Å². The molecule has 0 aliphatic carbocycles. The number of nitrogens with two attached hydrogens (primary N) is 1. The average molecular weight is 348 g/mol. The Labute approximate surface area is 155 Å². The van der Waals surface area contributed by atoms with E-state index in [4.69, 9.17) is 9.47 Å². The van der Waals surface area contributed by atoms with Gasteiger partial charge in [0.1, 0.15) is 19.7 Å². The number of aryl methyl sites for hydroxylation is 1. The highest BCUT2D eigenvalue weighted by Gasteiger charge is 2.07. The number of methoxy groups -OCH3 is 1. The Bertz CT molecular complexity index is 813. The molecule has 0 heterocycles. The van der Waals surface area contributed by atoms with E-state index in [0.717, 1.165) is 30.2 Å². The lowest BCUT2D eigenvalue weighted by atomic mass is 10.1. The maximum Gasteiger partial charge on any atom is 0.161 e. The lowest BCUT2D eigenvalue weighted by Gasteiger charge is -2.12. The summed E-state index contributed by atoms with van der Waals surface area (Å²) in [4.78, 5) is 0. The van der Waals surface area contributed by atoms with E-state index in [1.54, 1.807) is 7.11 Å². The van der Waals surface area contributed by atoms with Crippen LogP contribution in [0.15, 0.2) is 72.8 Å². The first-order chi connectivity index (χ1) is 12.7. The van der Waals surface area contributed by atoms with Gasteiger partial charge in [-0.3, -0.25) is 0 Å². The molecule has 0 radical (unpaired) electrons. The zero-order valence-electron chi connectivity index (χ0n) is 15.4. The smallest absolute Gasteiger partial charge is 0.161 e. The van der Waals surface area contributed by atoms with E-state index in [1.807, 2.05) is 24.3 Å². The SMILES string of the molecule is COc1cc(C[NH2+]Cc2ccc(C)cc2)ccc1OCc1ccccc1. The Morgan fingerprint density at radius 2 is 1.42 bits per heavy atom. The molecule has 26 heavy (non-hydrogen) atoms. The molecule has 0 saturated carbocycles. The van der Waals surface area contributed by atoms with E-state index >= 15 is 0 Å². The van der Waals surface area contributed by atoms with Crippen LogP contribution in [0, 0.1) is 6.92 Å². The van der Waals surface area contributed by atoms with Crippen molar-refractivity contribution in [1.82, 2.24) is 0 Å². The van der Waals surface area contributed by atoms with Crippen LogP contribution in [0.1, 0.15) is 22.3 Å². The fourth-order valence-electron chi connectivity index (χ4n) is 2.82. The zero-order chi connectivity index (χ0) is 18.2. The van der Waals surface area contributed by atoms with Crippen molar-refractivity contribution in [3.63, 3.8) is 0 Å². The third-order valence-corrected chi connectivity index (χ3v) is 4.35. The number of quaternary nitrogens is 1. The van der Waals surface area contributed by atoms with Gasteiger partial charge in [-0.05, 0) is 30.7 Å². The molecule has 2 N–H and O–H groups in total. The second-order valence-electron chi connectivity index (χ2n) is 6.44. The molecule has 134 valence electrons. The van der Waals surface area contributed by atoms with Gasteiger partial charge in [0.2, 0.25) is 0 Å². The summed E-state index contributed by atoms with van der Waals surface area (Å²) in [6, 6.07) is 25.0. The Morgan fingerprint density at radius 3 is 2.15 bits per heavy atom. The first-order valence-corrected chi connectivity index (χ1v) is 8.95. The first-order valence-electron chi connectivity index (χ1n) is 8.95. The van der Waals surface area contributed by atoms with E-state index < -0.39 is 0 Å². The predicted octanol–water partition coefficient (Wildman–Crippen LogP) is 3.85. The van der Waals surface area contributed by atoms with Crippen molar-refractivity contribution in [3.05, 3.63) is 95.1 Å². The highest BCUT2D eigenvalue weighted by atomic mass is 16.5. The molecule has 3 nitrogen and oxygen atoms in total. The highest BCUT2D eigenvalue weighted by Crippen LogP contribution is 2.28. The number of ether oxygens (including phenoxy) is 2. The Kier molecular flexibility index (Phi) is 6.29. The summed E-state index contributed by atoms with van der Waals surface area (Å²) in [7, 11) is 1.69. The van der Waals surface area contributed by atoms with Gasteiger partial charge in [0.05, 0.1) is 7.11 Å². The molecule has 0 spiro atoms. The monoisotopic (exact) mass is 348 g/mol. The average Bonchev–Trinajstić information content (AvgIpc) is 2.69. The van der Waals surface area contributed by atoms with Gasteiger partial charge >= 0.3 is 0 Å². The highest BCUT2D eigenvalue weighted by molar-refractivity contribution is 5.42. The van der Waals surface area contributed by atoms with E-state index in [-0.39, 0.29) is 0 Å². The van der Waals surface area contributed by atoms with Crippen LogP contribution in [0.4, 0.5) is 0 Å². The lowest BCUT2D eigenvalue weighted by molar-refractivity contribution is -0.686. The molecule has 0 saturated heterocycles. The van der Waals surface area contributed by atoms with Crippen LogP contribution < -0.4 is 14.8 Å². The van der Waals surface area contributed by atoms with Gasteiger partial charge < -0.3 is 14.8 Å². The van der Waals surface area contributed by atoms with Gasteiger partial charge in [0.15, 0.2) is 11.5 Å². The first kappa shape index (κ1) is 18.0. The summed E-state index contributed by atoms with van der Waals surface area (Å²) in [5.74, 6) is 1.56. The minimum absolute atomic E-state index is 0.538. The summed E-state index contributed by atoms with van der Waals surface area (Å²) in [6.07, 6.45) is 0. The lowest BCUT2D eigenvalue weighted by Crippen LogP contribution is -2.80. The molecule has 0 aliphatic heterocycles. The van der Waals surface area contributed by atoms with Crippen LogP contribution in [0.25, 0.3) is 0 Å². The van der Waals surface area contributed by atoms with Crippen molar-refractivity contribution in [1.29, 1.82) is 0 Å². The molecule has 0 aliphatic rings. The minimum atomic E-state index is 0.538. The molecular formula is C23H26NO2+. The number of rotatable bonds is 8. The molecule has 3 aromatic carbocycles. The van der Waals surface area contributed by atoms with Crippen molar-refractivity contribution in [2.24, 2.45) is 0 Å². The third-order valence-electron chi connectivity index (χ3n) is 4.35. The second kappa shape index (κ2) is 9.07. The molecule has 0 unspecified atom stereocenters. The van der Waals surface area contributed by atoms with Crippen molar-refractivity contribution >= 4 is 0 Å². The van der Waals surface area contributed by atoms with Crippen molar-refractivity contribution in [3.8, 4) is 11.5 Å². The number of hydrogen-bond acceptors (Lipinski definition) is 2. The van der Waals surface area contributed by atoms with Gasteiger partial charge in [-0.25, -0.2) is 0 Å². The molecule has 0 bridgehead atoms. The van der Waals surface area contributed by atoms with Crippen LogP contribution in [-0.4, -0.2) is 7.11 Å². The minimum Gasteiger partial charge on any atom is -0.493 e. The van der Waals surface area contributed by atoms with Crippen molar-refractivity contribution in [2.45, 2.75) is 26.6 Å². The van der Waals surface area contributed by atoms with E-state index in [9.17, 15) is 0 Å². The van der Waals surface area contributed by atoms with Crippen LogP contribution in [0.3, 0.4) is 0 Å². The van der Waals surface area contributed by atoms with Crippen molar-refractivity contribution in [2.75, 3.05) is 7.11 Å². The van der Waals surface area contributed by atoms with Gasteiger partial charge in [-0.15, -0.1) is 0 Å². The molecule has 0 aromatic heterocycles. The number of hydrogen-bond donors (Lipinski definition) is 1. The molecule has 3 aromatic rings. The molecule has 0 atom stereocenters. The molecular weight excluding hydrogens is 322 g/mol. The quantitative estimate of drug-likeness (QED) is 0.671. The Balaban J connectivity index is 1.56.